The number of rotatable bonds is 10. The molecule has 6 rings (SSSR count). The van der Waals surface area contributed by atoms with Gasteiger partial charge in [-0.15, -0.1) is 0 Å². The second-order valence-electron chi connectivity index (χ2n) is 11.0. The van der Waals surface area contributed by atoms with Crippen LogP contribution in [-0.2, 0) is 0 Å². The summed E-state index contributed by atoms with van der Waals surface area (Å²) in [4.78, 5) is 15.9. The average Bonchev–Trinajstić information content (AvgIpc) is 3.11. The normalized spacial score (nSPS) is 19.8. The third kappa shape index (κ3) is 8.34. The Bertz CT molecular complexity index is 1690. The van der Waals surface area contributed by atoms with Crippen molar-refractivity contribution < 1.29 is 27.5 Å². The van der Waals surface area contributed by atoms with Crippen molar-refractivity contribution in [2.45, 2.75) is 19.5 Å². The Labute approximate surface area is 277 Å². The van der Waals surface area contributed by atoms with Crippen LogP contribution in [0.5, 0.6) is 28.7 Å². The molecule has 1 heterocycles. The number of para-hydroxylation sites is 5. The van der Waals surface area contributed by atoms with Crippen LogP contribution in [0, 0.1) is 0 Å². The molecule has 0 bridgehead atoms. The summed E-state index contributed by atoms with van der Waals surface area (Å²) in [5.41, 5.74) is 0.258. The molecule has 0 aliphatic carbocycles. The van der Waals surface area contributed by atoms with Crippen molar-refractivity contribution in [3.8, 4) is 28.7 Å². The van der Waals surface area contributed by atoms with Crippen LogP contribution in [0.2, 0.25) is 0 Å². The summed E-state index contributed by atoms with van der Waals surface area (Å²) >= 11 is 0. The van der Waals surface area contributed by atoms with Gasteiger partial charge in [0, 0.05) is 0 Å². The van der Waals surface area contributed by atoms with Crippen molar-refractivity contribution in [3.05, 3.63) is 152 Å². The second-order valence-corrected chi connectivity index (χ2v) is 18.9. The van der Waals surface area contributed by atoms with Crippen LogP contribution in [0.15, 0.2) is 152 Å². The molecular weight excluding hydrogens is 651 g/mol. The summed E-state index contributed by atoms with van der Waals surface area (Å²) < 4.78 is 33.9. The zero-order chi connectivity index (χ0) is 32.6. The molecule has 0 aromatic heterocycles. The van der Waals surface area contributed by atoms with Gasteiger partial charge in [0.1, 0.15) is 0 Å². The van der Waals surface area contributed by atoms with E-state index in [2.05, 4.69) is 15.0 Å². The van der Waals surface area contributed by atoms with Crippen LogP contribution in [0.3, 0.4) is 0 Å². The Balaban J connectivity index is 1.56. The summed E-state index contributed by atoms with van der Waals surface area (Å²) in [7, 11) is -11.2. The van der Waals surface area contributed by atoms with Crippen LogP contribution in [0.1, 0.15) is 13.8 Å². The average molecular weight is 692 g/mol. The van der Waals surface area contributed by atoms with Gasteiger partial charge in [-0.3, -0.25) is 0 Å². The van der Waals surface area contributed by atoms with Crippen LogP contribution < -0.4 is 37.7 Å². The molecular formula is C35H40N3O6P3. The van der Waals surface area contributed by atoms with Gasteiger partial charge in [-0.1, -0.05) is 0 Å². The molecule has 0 saturated heterocycles. The molecule has 0 saturated carbocycles. The molecule has 1 unspecified atom stereocenters. The van der Waals surface area contributed by atoms with Gasteiger partial charge in [0.2, 0.25) is 0 Å². The van der Waals surface area contributed by atoms with Gasteiger partial charge in [0.25, 0.3) is 0 Å². The zero-order valence-electron chi connectivity index (χ0n) is 26.2. The monoisotopic (exact) mass is 691 g/mol. The molecule has 1 aliphatic heterocycles. The number of hydrogen-bond acceptors (Lipinski definition) is 9. The zero-order valence-corrected chi connectivity index (χ0v) is 29.0. The molecule has 0 amide bonds. The topological polar surface area (TPSA) is 102 Å². The molecule has 1 atom stereocenters. The Morgan fingerprint density at radius 3 is 1.34 bits per heavy atom. The molecule has 0 fully saturated rings. The van der Waals surface area contributed by atoms with Crippen LogP contribution in [-0.4, -0.2) is 22.5 Å². The van der Waals surface area contributed by atoms with Gasteiger partial charge < -0.3 is 0 Å². The Hall–Kier alpha value is -3.90. The third-order valence-corrected chi connectivity index (χ3v) is 16.4. The molecule has 5 aromatic carbocycles. The maximum absolute atomic E-state index is 12.5. The predicted molar refractivity (Wildman–Crippen MR) is 196 cm³/mol. The van der Waals surface area contributed by atoms with Crippen LogP contribution in [0.4, 0.5) is 0 Å². The predicted octanol–water partition coefficient (Wildman–Crippen LogP) is 8.36. The van der Waals surface area contributed by atoms with Gasteiger partial charge in [0.15, 0.2) is 0 Å². The first-order valence-electron chi connectivity index (χ1n) is 15.4. The Kier molecular flexibility index (Phi) is 10.5. The first-order chi connectivity index (χ1) is 22.9. The molecule has 0 radical (unpaired) electrons. The van der Waals surface area contributed by atoms with Gasteiger partial charge in [-0.2, -0.15) is 0 Å². The van der Waals surface area contributed by atoms with Gasteiger partial charge >= 0.3 is 278 Å². The van der Waals surface area contributed by atoms with Gasteiger partial charge in [0.05, 0.1) is 0 Å². The molecule has 9 nitrogen and oxygen atoms in total. The third-order valence-electron chi connectivity index (χ3n) is 7.38. The molecule has 4 N–H and O–H groups in total. The fourth-order valence-electron chi connectivity index (χ4n) is 4.98. The quantitative estimate of drug-likeness (QED) is 0.108. The van der Waals surface area contributed by atoms with E-state index >= 15 is 0 Å². The van der Waals surface area contributed by atoms with E-state index in [-0.39, 0.29) is 12.2 Å². The van der Waals surface area contributed by atoms with Crippen LogP contribution in [0.25, 0.3) is 0 Å². The number of nitrogens with one attached hydrogen (secondary N) is 3. The summed E-state index contributed by atoms with van der Waals surface area (Å²) in [6.07, 6.45) is 0. The van der Waals surface area contributed by atoms with Crippen LogP contribution >= 0.6 is 23.4 Å². The van der Waals surface area contributed by atoms with Crippen molar-refractivity contribution in [2.75, 3.05) is 6.54 Å². The first kappa shape index (κ1) is 33.0. The Morgan fingerprint density at radius 1 is 0.574 bits per heavy atom. The van der Waals surface area contributed by atoms with E-state index in [0.717, 1.165) is 0 Å². The van der Waals surface area contributed by atoms with E-state index in [1.807, 2.05) is 153 Å². The van der Waals surface area contributed by atoms with Crippen molar-refractivity contribution in [2.24, 2.45) is 0 Å². The molecule has 12 heteroatoms. The standard InChI is InChI=1S/C35H40N3O6P3/c1-29-28-36-47(39,44-35-26-16-7-17-27-35)38-46(42-33-22-12-5-13-23-33,43-34-24-14-6-15-25-34)30(2)37-45(29,40-31-18-8-3-9-19-31)41-32-20-10-4-11-21-32/h3-27,29,36-39,45,47H,28H2,1-2H3. The van der Waals surface area contributed by atoms with E-state index in [1.54, 1.807) is 12.1 Å². The summed E-state index contributed by atoms with van der Waals surface area (Å²) in [6.45, 7) is 4.18. The molecule has 5 aromatic rings. The fraction of sp³-hybridized carbons (Fsp3) is 0.114. The summed E-state index contributed by atoms with van der Waals surface area (Å²) in [6, 6.07) is 47.1. The van der Waals surface area contributed by atoms with Crippen molar-refractivity contribution >= 4 is 28.8 Å². The fourth-order valence-corrected chi connectivity index (χ4v) is 14.3. The maximum atomic E-state index is 12.5. The minimum absolute atomic E-state index is 0.269. The summed E-state index contributed by atoms with van der Waals surface area (Å²) in [5, 5.41) is 7.08. The summed E-state index contributed by atoms with van der Waals surface area (Å²) in [5.74, 6) is 2.84. The van der Waals surface area contributed by atoms with E-state index < -0.39 is 23.4 Å². The van der Waals surface area contributed by atoms with E-state index in [0.29, 0.717) is 34.2 Å². The number of hydrogen-bond donors (Lipinski definition) is 4. The molecule has 47 heavy (non-hydrogen) atoms. The van der Waals surface area contributed by atoms with Crippen molar-refractivity contribution in [3.63, 3.8) is 0 Å². The van der Waals surface area contributed by atoms with Crippen molar-refractivity contribution in [1.82, 2.24) is 15.0 Å². The van der Waals surface area contributed by atoms with E-state index in [9.17, 15) is 4.89 Å². The van der Waals surface area contributed by atoms with Gasteiger partial charge in [-0.25, -0.2) is 0 Å². The molecule has 246 valence electrons. The van der Waals surface area contributed by atoms with Crippen molar-refractivity contribution in [1.29, 1.82) is 0 Å². The van der Waals surface area contributed by atoms with Gasteiger partial charge in [-0.05, 0) is 0 Å². The SMILES string of the molecule is CC1=P(Oc2ccccc2)(Oc2ccccc2)N[PH](O)(Oc2ccccc2)NCC(C)[PH](Oc2ccccc2)(Oc2ccccc2)N1. The molecule has 0 spiro atoms. The minimum atomic E-state index is -4.12. The first-order valence-corrected chi connectivity index (χ1v) is 20.7. The second kappa shape index (κ2) is 14.9. The van der Waals surface area contributed by atoms with E-state index in [4.69, 9.17) is 22.6 Å². The van der Waals surface area contributed by atoms with E-state index in [1.165, 1.54) is 0 Å². The Morgan fingerprint density at radius 2 is 0.936 bits per heavy atom. The number of benzene rings is 5. The molecule has 1 aliphatic rings.